The summed E-state index contributed by atoms with van der Waals surface area (Å²) in [6.07, 6.45) is 4.93. The van der Waals surface area contributed by atoms with Crippen LogP contribution in [0.25, 0.3) is 0 Å². The van der Waals surface area contributed by atoms with Gasteiger partial charge in [-0.25, -0.2) is 0 Å². The van der Waals surface area contributed by atoms with Crippen LogP contribution in [0.1, 0.15) is 25.7 Å². The van der Waals surface area contributed by atoms with Crippen molar-refractivity contribution in [3.63, 3.8) is 0 Å². The Morgan fingerprint density at radius 3 is 2.82 bits per heavy atom. The van der Waals surface area contributed by atoms with E-state index in [0.29, 0.717) is 11.8 Å². The Kier molecular flexibility index (Phi) is 1.63. The van der Waals surface area contributed by atoms with E-state index in [4.69, 9.17) is 0 Å². The van der Waals surface area contributed by atoms with Crippen LogP contribution in [0.5, 0.6) is 0 Å². The Morgan fingerprint density at radius 2 is 2.18 bits per heavy atom. The van der Waals surface area contributed by atoms with Gasteiger partial charge in [0.15, 0.2) is 0 Å². The molecule has 1 saturated heterocycles. The quantitative estimate of drug-likeness (QED) is 0.513. The lowest BCUT2D eigenvalue weighted by atomic mass is 9.71. The zero-order valence-corrected chi connectivity index (χ0v) is 7.05. The highest BCUT2D eigenvalue weighted by atomic mass is 16.2. The lowest BCUT2D eigenvalue weighted by Crippen LogP contribution is -2.38. The number of carbonyl (C=O) groups excluding carboxylic acids is 1. The van der Waals surface area contributed by atoms with Crippen LogP contribution < -0.4 is 0 Å². The number of amides is 1. The van der Waals surface area contributed by atoms with Crippen molar-refractivity contribution in [2.75, 3.05) is 13.6 Å². The Hall–Kier alpha value is -0.530. The standard InChI is InChI=1S/C9H15NO/c1-10-6-2-3-7-4-5-8(7)9(10)11/h7-8H,2-6H2,1H3. The third-order valence-corrected chi connectivity index (χ3v) is 3.18. The zero-order chi connectivity index (χ0) is 7.84. The van der Waals surface area contributed by atoms with Gasteiger partial charge < -0.3 is 4.90 Å². The molecular formula is C9H15NO. The summed E-state index contributed by atoms with van der Waals surface area (Å²) in [6.45, 7) is 0.978. The maximum atomic E-state index is 11.5. The molecule has 1 aliphatic carbocycles. The van der Waals surface area contributed by atoms with Crippen LogP contribution in [0.15, 0.2) is 0 Å². The summed E-state index contributed by atoms with van der Waals surface area (Å²) in [7, 11) is 1.93. The van der Waals surface area contributed by atoms with E-state index in [1.54, 1.807) is 0 Å². The molecule has 0 aromatic carbocycles. The number of nitrogens with zero attached hydrogens (tertiary/aromatic N) is 1. The summed E-state index contributed by atoms with van der Waals surface area (Å²) in [4.78, 5) is 13.4. The van der Waals surface area contributed by atoms with Crippen LogP contribution in [0.3, 0.4) is 0 Å². The van der Waals surface area contributed by atoms with E-state index in [-0.39, 0.29) is 0 Å². The fraction of sp³-hybridized carbons (Fsp3) is 0.889. The molecule has 2 atom stereocenters. The fourth-order valence-corrected chi connectivity index (χ4v) is 2.22. The molecule has 2 unspecified atom stereocenters. The predicted octanol–water partition coefficient (Wildman–Crippen LogP) is 1.26. The first-order valence-electron chi connectivity index (χ1n) is 4.54. The molecule has 1 amide bonds. The second-order valence-electron chi connectivity index (χ2n) is 3.85. The molecule has 0 spiro atoms. The summed E-state index contributed by atoms with van der Waals surface area (Å²) >= 11 is 0. The molecule has 2 heteroatoms. The van der Waals surface area contributed by atoms with Crippen molar-refractivity contribution >= 4 is 5.91 Å². The maximum Gasteiger partial charge on any atom is 0.225 e. The number of carbonyl (C=O) groups is 1. The van der Waals surface area contributed by atoms with Crippen LogP contribution >= 0.6 is 0 Å². The molecule has 1 saturated carbocycles. The van der Waals surface area contributed by atoms with Crippen molar-refractivity contribution in [2.24, 2.45) is 11.8 Å². The van der Waals surface area contributed by atoms with Crippen molar-refractivity contribution in [1.82, 2.24) is 4.90 Å². The third-order valence-electron chi connectivity index (χ3n) is 3.18. The highest BCUT2D eigenvalue weighted by molar-refractivity contribution is 5.80. The van der Waals surface area contributed by atoms with E-state index in [0.717, 1.165) is 18.9 Å². The van der Waals surface area contributed by atoms with E-state index >= 15 is 0 Å². The minimum atomic E-state index is 0.402. The molecule has 0 N–H and O–H groups in total. The first kappa shape index (κ1) is 7.14. The SMILES string of the molecule is CN1CCCC2CCC2C1=O. The van der Waals surface area contributed by atoms with E-state index in [9.17, 15) is 4.79 Å². The van der Waals surface area contributed by atoms with Crippen LogP contribution in [0.2, 0.25) is 0 Å². The second-order valence-corrected chi connectivity index (χ2v) is 3.85. The van der Waals surface area contributed by atoms with E-state index in [1.807, 2.05) is 11.9 Å². The van der Waals surface area contributed by atoms with Crippen molar-refractivity contribution < 1.29 is 4.79 Å². The third kappa shape index (κ3) is 1.05. The smallest absolute Gasteiger partial charge is 0.225 e. The van der Waals surface area contributed by atoms with E-state index in [2.05, 4.69) is 0 Å². The van der Waals surface area contributed by atoms with Crippen LogP contribution in [-0.4, -0.2) is 24.4 Å². The largest absolute Gasteiger partial charge is 0.346 e. The minimum absolute atomic E-state index is 0.402. The average Bonchev–Trinajstić information content (AvgIpc) is 2.00. The topological polar surface area (TPSA) is 20.3 Å². The Balaban J connectivity index is 2.09. The van der Waals surface area contributed by atoms with Gasteiger partial charge in [-0.1, -0.05) is 0 Å². The van der Waals surface area contributed by atoms with Gasteiger partial charge in [-0.05, 0) is 31.6 Å². The summed E-state index contributed by atoms with van der Waals surface area (Å²) in [5, 5.41) is 0. The molecule has 0 radical (unpaired) electrons. The zero-order valence-electron chi connectivity index (χ0n) is 7.05. The molecule has 62 valence electrons. The number of likely N-dealkylation sites (tertiary alicyclic amines) is 1. The summed E-state index contributed by atoms with van der Waals surface area (Å²) in [5.74, 6) is 1.55. The number of rotatable bonds is 0. The number of fused-ring (bicyclic) bond motifs is 1. The van der Waals surface area contributed by atoms with Gasteiger partial charge in [0.2, 0.25) is 5.91 Å². The monoisotopic (exact) mass is 153 g/mol. The molecule has 2 nitrogen and oxygen atoms in total. The fourth-order valence-electron chi connectivity index (χ4n) is 2.22. The van der Waals surface area contributed by atoms with Gasteiger partial charge in [-0.3, -0.25) is 4.79 Å². The van der Waals surface area contributed by atoms with Gasteiger partial charge in [-0.15, -0.1) is 0 Å². The Labute approximate surface area is 67.6 Å². The molecular weight excluding hydrogens is 138 g/mol. The Morgan fingerprint density at radius 1 is 1.36 bits per heavy atom. The molecule has 11 heavy (non-hydrogen) atoms. The molecule has 0 aromatic rings. The predicted molar refractivity (Wildman–Crippen MR) is 43.1 cm³/mol. The van der Waals surface area contributed by atoms with Crippen molar-refractivity contribution in [1.29, 1.82) is 0 Å². The number of hydrogen-bond donors (Lipinski definition) is 0. The lowest BCUT2D eigenvalue weighted by molar-refractivity contribution is -0.138. The molecule has 0 bridgehead atoms. The molecule has 2 aliphatic rings. The van der Waals surface area contributed by atoms with E-state index < -0.39 is 0 Å². The highest BCUT2D eigenvalue weighted by Crippen LogP contribution is 2.40. The van der Waals surface area contributed by atoms with Gasteiger partial charge in [-0.2, -0.15) is 0 Å². The molecule has 0 aromatic heterocycles. The van der Waals surface area contributed by atoms with Crippen molar-refractivity contribution in [2.45, 2.75) is 25.7 Å². The van der Waals surface area contributed by atoms with Crippen LogP contribution in [0.4, 0.5) is 0 Å². The first-order chi connectivity index (χ1) is 5.29. The van der Waals surface area contributed by atoms with Gasteiger partial charge in [0.25, 0.3) is 0 Å². The maximum absolute atomic E-state index is 11.5. The van der Waals surface area contributed by atoms with Gasteiger partial charge in [0, 0.05) is 19.5 Å². The lowest BCUT2D eigenvalue weighted by Gasteiger charge is -2.34. The first-order valence-corrected chi connectivity index (χ1v) is 4.54. The van der Waals surface area contributed by atoms with Crippen LogP contribution in [0, 0.1) is 11.8 Å². The van der Waals surface area contributed by atoms with Crippen molar-refractivity contribution in [3.8, 4) is 0 Å². The molecule has 1 heterocycles. The highest BCUT2D eigenvalue weighted by Gasteiger charge is 2.39. The summed E-state index contributed by atoms with van der Waals surface area (Å²) < 4.78 is 0. The normalized spacial score (nSPS) is 37.5. The number of hydrogen-bond acceptors (Lipinski definition) is 1. The van der Waals surface area contributed by atoms with Gasteiger partial charge in [0.1, 0.15) is 0 Å². The molecule has 2 rings (SSSR count). The van der Waals surface area contributed by atoms with E-state index in [1.165, 1.54) is 19.3 Å². The van der Waals surface area contributed by atoms with Crippen molar-refractivity contribution in [3.05, 3.63) is 0 Å². The second kappa shape index (κ2) is 2.50. The molecule has 1 aliphatic heterocycles. The van der Waals surface area contributed by atoms with Gasteiger partial charge in [0.05, 0.1) is 0 Å². The van der Waals surface area contributed by atoms with Gasteiger partial charge >= 0.3 is 0 Å². The average molecular weight is 153 g/mol. The summed E-state index contributed by atoms with van der Waals surface area (Å²) in [6, 6.07) is 0. The molecule has 2 fully saturated rings. The minimum Gasteiger partial charge on any atom is -0.346 e. The Bertz CT molecular complexity index is 178. The summed E-state index contributed by atoms with van der Waals surface area (Å²) in [5.41, 5.74) is 0. The van der Waals surface area contributed by atoms with Crippen LogP contribution in [-0.2, 0) is 4.79 Å².